The minimum atomic E-state index is -6.18. The fraction of sp³-hybridized carbons (Fsp3) is 0.500. The van der Waals surface area contributed by atoms with Crippen molar-refractivity contribution in [1.29, 1.82) is 0 Å². The number of aromatic nitrogens is 2. The number of hydrogen-bond acceptors (Lipinski definition) is 11. The van der Waals surface area contributed by atoms with Gasteiger partial charge in [0.15, 0.2) is 11.8 Å². The summed E-state index contributed by atoms with van der Waals surface area (Å²) in [6.07, 6.45) is -7.71. The summed E-state index contributed by atoms with van der Waals surface area (Å²) in [5.74, 6) is 1.70. The second kappa shape index (κ2) is 10.2. The number of aliphatic hydroxyl groups is 2. The summed E-state index contributed by atoms with van der Waals surface area (Å²) in [4.78, 5) is 60.5. The molecule has 2 heterocycles. The van der Waals surface area contributed by atoms with Gasteiger partial charge in [-0.05, 0) is 0 Å². The Balaban J connectivity index is 2.48. The van der Waals surface area contributed by atoms with Gasteiger partial charge >= 0.3 is 29.2 Å². The van der Waals surface area contributed by atoms with Crippen molar-refractivity contribution in [2.45, 2.75) is 24.0 Å². The summed E-state index contributed by atoms with van der Waals surface area (Å²) in [6.45, 7) is -5.34. The Morgan fingerprint density at radius 2 is 1.85 bits per heavy atom. The number of rotatable bonds is 8. The zero-order valence-electron chi connectivity index (χ0n) is 17.9. The molecule has 192 valence electrons. The van der Waals surface area contributed by atoms with Crippen molar-refractivity contribution in [3.63, 3.8) is 0 Å². The molecule has 0 spiro atoms. The minimum absolute atomic E-state index is 0.0633. The third-order valence-electron chi connectivity index (χ3n) is 3.62. The van der Waals surface area contributed by atoms with Crippen LogP contribution in [-0.4, -0.2) is 70.4 Å². The van der Waals surface area contributed by atoms with Gasteiger partial charge in [-0.3, -0.25) is 18.9 Å². The molecule has 6 atom stereocenters. The fourth-order valence-corrected chi connectivity index (χ4v) is 5.30. The van der Waals surface area contributed by atoms with Gasteiger partial charge in [-0.15, -0.1) is 0 Å². The Kier molecular flexibility index (Phi) is 7.62. The van der Waals surface area contributed by atoms with E-state index in [9.17, 15) is 47.2 Å². The van der Waals surface area contributed by atoms with E-state index in [0.29, 0.717) is 0 Å². The van der Waals surface area contributed by atoms with E-state index >= 15 is 0 Å². The zero-order chi connectivity index (χ0) is 27.9. The van der Waals surface area contributed by atoms with E-state index in [1.807, 2.05) is 0 Å². The van der Waals surface area contributed by atoms with E-state index in [1.165, 1.54) is 4.98 Å². The SMILES string of the molecule is [2H]C([2H])(OP(=O)(O)OP(=O)(O)OP(=O)(O)O)[C@H]1O[C@@H](n2cc(F)c(=O)[nH]c2=O)C(O)(C#CCF)[C@H]1O. The monoisotopic (exact) mass is 560 g/mol. The molecule has 0 aromatic carbocycles. The van der Waals surface area contributed by atoms with Crippen molar-refractivity contribution in [2.24, 2.45) is 0 Å². The van der Waals surface area contributed by atoms with Crippen LogP contribution in [0.25, 0.3) is 0 Å². The van der Waals surface area contributed by atoms with Gasteiger partial charge in [0.05, 0.1) is 15.5 Å². The summed E-state index contributed by atoms with van der Waals surface area (Å²) in [5.41, 5.74) is -6.22. The van der Waals surface area contributed by atoms with E-state index in [-0.39, 0.29) is 10.8 Å². The van der Waals surface area contributed by atoms with Gasteiger partial charge in [0.25, 0.3) is 5.56 Å². The van der Waals surface area contributed by atoms with Crippen LogP contribution in [0, 0.1) is 17.7 Å². The standard InChI is InChI=1S/C12H15F2N2O15P3/c13-3-1-2-12(20)8(17)7(29-10(12)16-4-6(14)9(18)15-11(16)19)5-28-33(24,25)31-34(26,27)30-32(21,22)23/h4,7-8,10,17,20H,3,5H2,(H,24,25)(H,26,27)(H,15,18,19)(H2,21,22,23)/t7-,8+,10-,12?/m1/s1/i5D2. The van der Waals surface area contributed by atoms with Crippen molar-refractivity contribution >= 4 is 23.5 Å². The molecular formula is C12H15F2N2O15P3. The third-order valence-corrected chi connectivity index (χ3v) is 7.29. The summed E-state index contributed by atoms with van der Waals surface area (Å²) >= 11 is 0. The lowest BCUT2D eigenvalue weighted by atomic mass is 9.94. The van der Waals surface area contributed by atoms with Gasteiger partial charge in [0.1, 0.15) is 18.9 Å². The predicted octanol–water partition coefficient (Wildman–Crippen LogP) is -2.02. The number of nitrogens with one attached hydrogen (secondary N) is 1. The van der Waals surface area contributed by atoms with Crippen LogP contribution in [-0.2, 0) is 31.6 Å². The van der Waals surface area contributed by atoms with Crippen LogP contribution in [0.1, 0.15) is 8.97 Å². The molecule has 1 aromatic rings. The summed E-state index contributed by atoms with van der Waals surface area (Å²) in [5, 5.41) is 21.2. The van der Waals surface area contributed by atoms with E-state index in [0.717, 1.165) is 0 Å². The molecule has 0 aliphatic carbocycles. The average molecular weight is 560 g/mol. The van der Waals surface area contributed by atoms with Crippen LogP contribution in [0.15, 0.2) is 15.8 Å². The second-order valence-corrected chi connectivity index (χ2v) is 10.4. The highest BCUT2D eigenvalue weighted by atomic mass is 31.3. The second-order valence-electron chi connectivity index (χ2n) is 6.06. The van der Waals surface area contributed by atoms with Crippen molar-refractivity contribution in [3.8, 4) is 11.8 Å². The maximum absolute atomic E-state index is 13.7. The topological polar surface area (TPSA) is 264 Å². The van der Waals surface area contributed by atoms with Crippen LogP contribution in [0.3, 0.4) is 0 Å². The van der Waals surface area contributed by atoms with E-state index in [1.54, 1.807) is 11.8 Å². The lowest BCUT2D eigenvalue weighted by molar-refractivity contribution is -0.0766. The van der Waals surface area contributed by atoms with Gasteiger partial charge in [-0.2, -0.15) is 13.0 Å². The van der Waals surface area contributed by atoms with Crippen LogP contribution >= 0.6 is 23.5 Å². The molecule has 1 fully saturated rings. The first-order valence-corrected chi connectivity index (χ1v) is 12.6. The third kappa shape index (κ3) is 6.97. The predicted molar refractivity (Wildman–Crippen MR) is 99.7 cm³/mol. The minimum Gasteiger partial charge on any atom is -0.386 e. The van der Waals surface area contributed by atoms with Crippen molar-refractivity contribution in [3.05, 3.63) is 32.9 Å². The molecule has 1 aliphatic rings. The number of aromatic amines is 1. The molecule has 3 unspecified atom stereocenters. The van der Waals surface area contributed by atoms with E-state index in [4.69, 9.17) is 22.2 Å². The number of halogens is 2. The first kappa shape index (κ1) is 25.5. The molecular weight excluding hydrogens is 543 g/mol. The molecule has 2 rings (SSSR count). The fourth-order valence-electron chi connectivity index (χ4n) is 2.42. The number of hydrogen-bond donors (Lipinski definition) is 7. The summed E-state index contributed by atoms with van der Waals surface area (Å²) < 4.78 is 91.8. The summed E-state index contributed by atoms with van der Waals surface area (Å²) in [6, 6.07) is 0. The molecule has 7 N–H and O–H groups in total. The Morgan fingerprint density at radius 1 is 1.24 bits per heavy atom. The molecule has 34 heavy (non-hydrogen) atoms. The van der Waals surface area contributed by atoms with Crippen molar-refractivity contribution in [1.82, 2.24) is 9.55 Å². The highest BCUT2D eigenvalue weighted by Crippen LogP contribution is 2.66. The maximum Gasteiger partial charge on any atom is 0.490 e. The normalized spacial score (nSPS) is 29.8. The Bertz CT molecular complexity index is 1340. The Morgan fingerprint density at radius 3 is 2.41 bits per heavy atom. The summed E-state index contributed by atoms with van der Waals surface area (Å²) in [7, 11) is -18.1. The van der Waals surface area contributed by atoms with E-state index < -0.39 is 77.8 Å². The number of aliphatic hydroxyl groups excluding tert-OH is 1. The number of ether oxygens (including phenoxy) is 1. The zero-order valence-corrected chi connectivity index (χ0v) is 18.6. The Labute approximate surface area is 188 Å². The highest BCUT2D eigenvalue weighted by Gasteiger charge is 2.57. The van der Waals surface area contributed by atoms with Gasteiger partial charge in [-0.1, -0.05) is 11.8 Å². The molecule has 1 saturated heterocycles. The smallest absolute Gasteiger partial charge is 0.386 e. The molecule has 17 nitrogen and oxygen atoms in total. The molecule has 0 amide bonds. The van der Waals surface area contributed by atoms with Crippen molar-refractivity contribution < 1.29 is 72.9 Å². The molecule has 0 saturated carbocycles. The molecule has 22 heteroatoms. The van der Waals surface area contributed by atoms with Crippen LogP contribution in [0.4, 0.5) is 8.78 Å². The van der Waals surface area contributed by atoms with Gasteiger partial charge in [-0.25, -0.2) is 22.9 Å². The largest absolute Gasteiger partial charge is 0.490 e. The van der Waals surface area contributed by atoms with Crippen molar-refractivity contribution in [2.75, 3.05) is 13.2 Å². The number of H-pyrrole nitrogens is 1. The molecule has 1 aromatic heterocycles. The number of phosphoric ester groups is 1. The Hall–Kier alpha value is -1.61. The number of nitrogens with zero attached hydrogens (tertiary/aromatic N) is 1. The molecule has 0 radical (unpaired) electrons. The van der Waals surface area contributed by atoms with Gasteiger partial charge < -0.3 is 34.5 Å². The first-order valence-electron chi connectivity index (χ1n) is 9.11. The highest BCUT2D eigenvalue weighted by molar-refractivity contribution is 7.66. The molecule has 0 bridgehead atoms. The van der Waals surface area contributed by atoms with Gasteiger partial charge in [0.2, 0.25) is 5.82 Å². The lowest BCUT2D eigenvalue weighted by Gasteiger charge is -2.26. The van der Waals surface area contributed by atoms with Gasteiger partial charge in [0, 0.05) is 0 Å². The average Bonchev–Trinajstić information content (AvgIpc) is 2.91. The number of phosphoric acid groups is 3. The van der Waals surface area contributed by atoms with Crippen LogP contribution < -0.4 is 11.2 Å². The van der Waals surface area contributed by atoms with Crippen LogP contribution in [0.5, 0.6) is 0 Å². The number of alkyl halides is 1. The van der Waals surface area contributed by atoms with Crippen LogP contribution in [0.2, 0.25) is 0 Å². The maximum atomic E-state index is 13.7. The lowest BCUT2D eigenvalue weighted by Crippen LogP contribution is -2.48. The quantitative estimate of drug-likeness (QED) is 0.134. The molecule has 1 aliphatic heterocycles. The van der Waals surface area contributed by atoms with E-state index in [2.05, 4.69) is 13.1 Å². The first-order chi connectivity index (χ1) is 16.1.